The highest BCUT2D eigenvalue weighted by Gasteiger charge is 2.07. The predicted molar refractivity (Wildman–Crippen MR) is 69.3 cm³/mol. The fourth-order valence-electron chi connectivity index (χ4n) is 1.61. The predicted octanol–water partition coefficient (Wildman–Crippen LogP) is 3.16. The fourth-order valence-corrected chi connectivity index (χ4v) is 2.46. The average molecular weight is 248 g/mol. The van der Waals surface area contributed by atoms with Crippen molar-refractivity contribution >= 4 is 11.8 Å². The van der Waals surface area contributed by atoms with Crippen molar-refractivity contribution in [3.63, 3.8) is 0 Å². The molecule has 0 aromatic carbocycles. The summed E-state index contributed by atoms with van der Waals surface area (Å²) in [6.07, 6.45) is 3.63. The quantitative estimate of drug-likeness (QED) is 0.902. The molecule has 0 radical (unpaired) electrons. The number of rotatable bonds is 4. The largest absolute Gasteiger partial charge is 0.468 e. The highest BCUT2D eigenvalue weighted by Crippen LogP contribution is 2.31. The van der Waals surface area contributed by atoms with Gasteiger partial charge in [-0.2, -0.15) is 0 Å². The molecule has 17 heavy (non-hydrogen) atoms. The summed E-state index contributed by atoms with van der Waals surface area (Å²) in [6, 6.07) is 4.14. The van der Waals surface area contributed by atoms with E-state index in [1.807, 2.05) is 26.2 Å². The summed E-state index contributed by atoms with van der Waals surface area (Å²) in [7, 11) is 1.94. The van der Waals surface area contributed by atoms with Gasteiger partial charge in [0, 0.05) is 12.7 Å². The molecule has 0 fully saturated rings. The van der Waals surface area contributed by atoms with Crippen LogP contribution in [0.15, 0.2) is 38.9 Å². The molecule has 0 unspecified atom stereocenters. The molecule has 0 spiro atoms. The van der Waals surface area contributed by atoms with Crippen LogP contribution in [-0.2, 0) is 6.54 Å². The topological polar surface area (TPSA) is 38.1 Å². The van der Waals surface area contributed by atoms with E-state index in [9.17, 15) is 0 Å². The molecule has 0 saturated carbocycles. The van der Waals surface area contributed by atoms with Gasteiger partial charge in [-0.25, -0.2) is 4.98 Å². The maximum absolute atomic E-state index is 5.28. The van der Waals surface area contributed by atoms with Crippen molar-refractivity contribution in [3.8, 4) is 0 Å². The Bertz CT molecular complexity index is 508. The first-order valence-corrected chi connectivity index (χ1v) is 6.34. The van der Waals surface area contributed by atoms with E-state index in [0.717, 1.165) is 22.2 Å². The lowest BCUT2D eigenvalue weighted by molar-refractivity contribution is 0.527. The van der Waals surface area contributed by atoms with Crippen LogP contribution in [0.1, 0.15) is 16.9 Å². The van der Waals surface area contributed by atoms with E-state index < -0.39 is 0 Å². The maximum Gasteiger partial charge on any atom is 0.114 e. The molecular weight excluding hydrogens is 232 g/mol. The fraction of sp³-hybridized carbons (Fsp3) is 0.308. The van der Waals surface area contributed by atoms with Crippen molar-refractivity contribution in [2.45, 2.75) is 30.3 Å². The monoisotopic (exact) mass is 248 g/mol. The Morgan fingerprint density at radius 2 is 2.24 bits per heavy atom. The highest BCUT2D eigenvalue weighted by atomic mass is 32.2. The van der Waals surface area contributed by atoms with Crippen LogP contribution in [0.3, 0.4) is 0 Å². The van der Waals surface area contributed by atoms with Gasteiger partial charge < -0.3 is 9.73 Å². The summed E-state index contributed by atoms with van der Waals surface area (Å²) >= 11 is 1.65. The molecule has 2 aromatic heterocycles. The SMILES string of the molecule is CNCc1cnc(Sc2ccoc2C)c(C)c1. The van der Waals surface area contributed by atoms with Gasteiger partial charge in [-0.15, -0.1) is 0 Å². The van der Waals surface area contributed by atoms with E-state index in [1.54, 1.807) is 18.0 Å². The van der Waals surface area contributed by atoms with E-state index in [4.69, 9.17) is 4.42 Å². The average Bonchev–Trinajstić information content (AvgIpc) is 2.69. The third-order valence-corrected chi connectivity index (χ3v) is 3.75. The van der Waals surface area contributed by atoms with Crippen molar-refractivity contribution in [2.75, 3.05) is 7.05 Å². The third kappa shape index (κ3) is 2.90. The molecule has 1 N–H and O–H groups in total. The Kier molecular flexibility index (Phi) is 3.86. The van der Waals surface area contributed by atoms with Crippen molar-refractivity contribution in [1.82, 2.24) is 10.3 Å². The second-order valence-electron chi connectivity index (χ2n) is 3.94. The van der Waals surface area contributed by atoms with Crippen LogP contribution in [0.2, 0.25) is 0 Å². The lowest BCUT2D eigenvalue weighted by atomic mass is 10.2. The van der Waals surface area contributed by atoms with E-state index in [1.165, 1.54) is 11.1 Å². The smallest absolute Gasteiger partial charge is 0.114 e. The maximum atomic E-state index is 5.28. The van der Waals surface area contributed by atoms with Gasteiger partial charge in [0.25, 0.3) is 0 Å². The van der Waals surface area contributed by atoms with Gasteiger partial charge in [-0.05, 0) is 38.1 Å². The van der Waals surface area contributed by atoms with Crippen molar-refractivity contribution in [3.05, 3.63) is 41.5 Å². The minimum Gasteiger partial charge on any atom is -0.468 e. The molecule has 0 aliphatic rings. The second kappa shape index (κ2) is 5.38. The molecular formula is C13H16N2OS. The summed E-state index contributed by atoms with van der Waals surface area (Å²) < 4.78 is 5.28. The third-order valence-electron chi connectivity index (χ3n) is 2.49. The molecule has 0 bridgehead atoms. The molecule has 0 aliphatic heterocycles. The number of aromatic nitrogens is 1. The zero-order chi connectivity index (χ0) is 12.3. The summed E-state index contributed by atoms with van der Waals surface area (Å²) in [5.41, 5.74) is 2.40. The van der Waals surface area contributed by atoms with Crippen LogP contribution in [-0.4, -0.2) is 12.0 Å². The number of nitrogens with zero attached hydrogens (tertiary/aromatic N) is 1. The van der Waals surface area contributed by atoms with E-state index in [2.05, 4.69) is 23.3 Å². The van der Waals surface area contributed by atoms with Gasteiger partial charge in [0.15, 0.2) is 0 Å². The minimum atomic E-state index is 0.851. The molecule has 0 amide bonds. The summed E-state index contributed by atoms with van der Waals surface area (Å²) in [5.74, 6) is 0.940. The Hall–Kier alpha value is -1.26. The summed E-state index contributed by atoms with van der Waals surface area (Å²) in [6.45, 7) is 4.90. The minimum absolute atomic E-state index is 0.851. The number of pyridine rings is 1. The molecule has 2 heterocycles. The van der Waals surface area contributed by atoms with Crippen molar-refractivity contribution < 1.29 is 4.42 Å². The Morgan fingerprint density at radius 3 is 2.82 bits per heavy atom. The van der Waals surface area contributed by atoms with Gasteiger partial charge in [-0.1, -0.05) is 17.8 Å². The van der Waals surface area contributed by atoms with Crippen LogP contribution < -0.4 is 5.32 Å². The lowest BCUT2D eigenvalue weighted by Gasteiger charge is -2.06. The van der Waals surface area contributed by atoms with Crippen molar-refractivity contribution in [2.24, 2.45) is 0 Å². The van der Waals surface area contributed by atoms with E-state index >= 15 is 0 Å². The lowest BCUT2D eigenvalue weighted by Crippen LogP contribution is -2.05. The Morgan fingerprint density at radius 1 is 1.41 bits per heavy atom. The zero-order valence-corrected chi connectivity index (χ0v) is 11.1. The first kappa shape index (κ1) is 12.2. The number of hydrogen-bond donors (Lipinski definition) is 1. The van der Waals surface area contributed by atoms with Crippen LogP contribution in [0, 0.1) is 13.8 Å². The van der Waals surface area contributed by atoms with Crippen LogP contribution in [0.5, 0.6) is 0 Å². The van der Waals surface area contributed by atoms with E-state index in [0.29, 0.717) is 0 Å². The Balaban J connectivity index is 2.19. The van der Waals surface area contributed by atoms with Crippen LogP contribution in [0.25, 0.3) is 0 Å². The second-order valence-corrected chi connectivity index (χ2v) is 4.97. The molecule has 0 atom stereocenters. The van der Waals surface area contributed by atoms with Crippen LogP contribution in [0.4, 0.5) is 0 Å². The van der Waals surface area contributed by atoms with Gasteiger partial charge in [0.1, 0.15) is 10.8 Å². The number of nitrogens with one attached hydrogen (secondary N) is 1. The number of hydrogen-bond acceptors (Lipinski definition) is 4. The van der Waals surface area contributed by atoms with Crippen molar-refractivity contribution in [1.29, 1.82) is 0 Å². The number of aryl methyl sites for hydroxylation is 2. The first-order valence-electron chi connectivity index (χ1n) is 5.53. The molecule has 2 rings (SSSR count). The highest BCUT2D eigenvalue weighted by molar-refractivity contribution is 7.99. The summed E-state index contributed by atoms with van der Waals surface area (Å²) in [5, 5.41) is 4.16. The summed E-state index contributed by atoms with van der Waals surface area (Å²) in [4.78, 5) is 5.62. The molecule has 2 aromatic rings. The normalized spacial score (nSPS) is 10.8. The standard InChI is InChI=1S/C13H16N2OS/c1-9-6-11(7-14-3)8-15-13(9)17-12-4-5-16-10(12)2/h4-6,8,14H,7H2,1-3H3. The molecule has 3 nitrogen and oxygen atoms in total. The Labute approximate surface area is 106 Å². The van der Waals surface area contributed by atoms with Crippen LogP contribution >= 0.6 is 11.8 Å². The van der Waals surface area contributed by atoms with E-state index in [-0.39, 0.29) is 0 Å². The number of furan rings is 1. The molecule has 4 heteroatoms. The molecule has 90 valence electrons. The molecule has 0 saturated heterocycles. The van der Waals surface area contributed by atoms with Gasteiger partial charge in [-0.3, -0.25) is 0 Å². The van der Waals surface area contributed by atoms with Gasteiger partial charge in [0.05, 0.1) is 11.2 Å². The van der Waals surface area contributed by atoms with Gasteiger partial charge in [0.2, 0.25) is 0 Å². The first-order chi connectivity index (χ1) is 8.20. The zero-order valence-electron chi connectivity index (χ0n) is 10.3. The van der Waals surface area contributed by atoms with Gasteiger partial charge >= 0.3 is 0 Å². The molecule has 0 aliphatic carbocycles.